The summed E-state index contributed by atoms with van der Waals surface area (Å²) in [7, 11) is 0. The zero-order chi connectivity index (χ0) is 15.7. The molecule has 3 N–H and O–H groups in total. The average Bonchev–Trinajstić information content (AvgIpc) is 2.38. The average molecular weight is 307 g/mol. The molecule has 0 amide bonds. The summed E-state index contributed by atoms with van der Waals surface area (Å²) in [6, 6.07) is 2.20. The molecule has 0 radical (unpaired) electrons. The Morgan fingerprint density at radius 2 is 1.81 bits per heavy atom. The van der Waals surface area contributed by atoms with Crippen LogP contribution in [0.4, 0.5) is 10.1 Å². The van der Waals surface area contributed by atoms with Crippen molar-refractivity contribution in [3.8, 4) is 0 Å². The van der Waals surface area contributed by atoms with Crippen LogP contribution in [-0.2, 0) is 0 Å². The Bertz CT molecular complexity index is 711. The minimum absolute atomic E-state index is 0.110. The van der Waals surface area contributed by atoms with Crippen molar-refractivity contribution < 1.29 is 14.3 Å². The molecule has 0 aliphatic heterocycles. The summed E-state index contributed by atoms with van der Waals surface area (Å²) < 4.78 is 13.9. The molecule has 2 aromatic rings. The van der Waals surface area contributed by atoms with E-state index in [0.717, 1.165) is 34.8 Å². The van der Waals surface area contributed by atoms with Gasteiger partial charge in [-0.25, -0.2) is 19.2 Å². The van der Waals surface area contributed by atoms with Crippen LogP contribution >= 0.6 is 11.8 Å². The van der Waals surface area contributed by atoms with Gasteiger partial charge in [-0.05, 0) is 50.2 Å². The SMILES string of the molecule is Cc1nc(Sc2cc(C(=O)O)c(N)cc2F)nc(C)c1C. The van der Waals surface area contributed by atoms with Gasteiger partial charge in [-0.1, -0.05) is 0 Å². The monoisotopic (exact) mass is 307 g/mol. The van der Waals surface area contributed by atoms with Gasteiger partial charge in [-0.2, -0.15) is 0 Å². The molecule has 21 heavy (non-hydrogen) atoms. The standard InChI is InChI=1S/C14H14FN3O2S/c1-6-7(2)17-14(18-8(6)3)21-12-4-9(13(19)20)11(16)5-10(12)15/h4-5H,16H2,1-3H3,(H,19,20). The first-order chi connectivity index (χ1) is 9.79. The molecule has 7 heteroatoms. The molecule has 0 unspecified atom stereocenters. The summed E-state index contributed by atoms with van der Waals surface area (Å²) in [6.45, 7) is 5.59. The molecule has 0 spiro atoms. The number of carbonyl (C=O) groups is 1. The first-order valence-corrected chi connectivity index (χ1v) is 6.93. The smallest absolute Gasteiger partial charge is 0.337 e. The van der Waals surface area contributed by atoms with E-state index in [1.807, 2.05) is 20.8 Å². The Morgan fingerprint density at radius 3 is 2.33 bits per heavy atom. The number of aryl methyl sites for hydroxylation is 2. The molecule has 0 atom stereocenters. The van der Waals surface area contributed by atoms with Crippen LogP contribution in [0.15, 0.2) is 22.2 Å². The van der Waals surface area contributed by atoms with Crippen LogP contribution in [0.25, 0.3) is 0 Å². The van der Waals surface area contributed by atoms with Gasteiger partial charge >= 0.3 is 5.97 Å². The fourth-order valence-electron chi connectivity index (χ4n) is 1.72. The lowest BCUT2D eigenvalue weighted by Gasteiger charge is -2.09. The van der Waals surface area contributed by atoms with Crippen molar-refractivity contribution in [1.29, 1.82) is 0 Å². The van der Waals surface area contributed by atoms with Crippen LogP contribution in [-0.4, -0.2) is 21.0 Å². The summed E-state index contributed by atoms with van der Waals surface area (Å²) >= 11 is 0.975. The van der Waals surface area contributed by atoms with Gasteiger partial charge in [0, 0.05) is 17.1 Å². The molecule has 1 aromatic carbocycles. The molecule has 1 aromatic heterocycles. The molecule has 0 aliphatic carbocycles. The third-order valence-electron chi connectivity index (χ3n) is 3.15. The van der Waals surface area contributed by atoms with Crippen LogP contribution in [0.2, 0.25) is 0 Å². The number of halogens is 1. The first kappa shape index (κ1) is 15.2. The van der Waals surface area contributed by atoms with Crippen molar-refractivity contribution >= 4 is 23.4 Å². The van der Waals surface area contributed by atoms with Gasteiger partial charge in [0.1, 0.15) is 5.82 Å². The summed E-state index contributed by atoms with van der Waals surface area (Å²) in [5.41, 5.74) is 7.83. The zero-order valence-corrected chi connectivity index (χ0v) is 12.6. The van der Waals surface area contributed by atoms with Crippen molar-refractivity contribution in [2.75, 3.05) is 5.73 Å². The normalized spacial score (nSPS) is 10.7. The second kappa shape index (κ2) is 5.69. The second-order valence-corrected chi connectivity index (χ2v) is 5.59. The predicted molar refractivity (Wildman–Crippen MR) is 78.1 cm³/mol. The number of anilines is 1. The van der Waals surface area contributed by atoms with Gasteiger partial charge in [-0.3, -0.25) is 0 Å². The van der Waals surface area contributed by atoms with Gasteiger partial charge in [0.2, 0.25) is 0 Å². The third kappa shape index (κ3) is 3.13. The maximum atomic E-state index is 13.9. The summed E-state index contributed by atoms with van der Waals surface area (Å²) in [5.74, 6) is -1.80. The number of carboxylic acids is 1. The van der Waals surface area contributed by atoms with E-state index >= 15 is 0 Å². The Labute approximate surface area is 125 Å². The van der Waals surface area contributed by atoms with Crippen LogP contribution in [0, 0.1) is 26.6 Å². The molecule has 0 bridgehead atoms. The highest BCUT2D eigenvalue weighted by atomic mass is 32.2. The van der Waals surface area contributed by atoms with Crippen LogP contribution in [0.3, 0.4) is 0 Å². The molecule has 0 saturated heterocycles. The van der Waals surface area contributed by atoms with Crippen molar-refractivity contribution in [2.24, 2.45) is 0 Å². The maximum Gasteiger partial charge on any atom is 0.337 e. The van der Waals surface area contributed by atoms with Gasteiger partial charge in [0.15, 0.2) is 5.16 Å². The highest BCUT2D eigenvalue weighted by molar-refractivity contribution is 7.99. The van der Waals surface area contributed by atoms with E-state index in [1.54, 1.807) is 0 Å². The fraction of sp³-hybridized carbons (Fsp3) is 0.214. The topological polar surface area (TPSA) is 89.1 Å². The van der Waals surface area contributed by atoms with Crippen molar-refractivity contribution in [3.05, 3.63) is 40.5 Å². The van der Waals surface area contributed by atoms with Crippen LogP contribution in [0.5, 0.6) is 0 Å². The lowest BCUT2D eigenvalue weighted by atomic mass is 10.2. The number of rotatable bonds is 3. The Kier molecular flexibility index (Phi) is 4.13. The van der Waals surface area contributed by atoms with Gasteiger partial charge < -0.3 is 10.8 Å². The number of nitrogen functional groups attached to an aromatic ring is 1. The van der Waals surface area contributed by atoms with E-state index in [9.17, 15) is 9.18 Å². The number of carboxylic acid groups (broad SMARTS) is 1. The van der Waals surface area contributed by atoms with Gasteiger partial charge in [0.05, 0.1) is 10.5 Å². The predicted octanol–water partition coefficient (Wildman–Crippen LogP) is 2.97. The Balaban J connectivity index is 2.44. The Hall–Kier alpha value is -2.15. The highest BCUT2D eigenvalue weighted by Crippen LogP contribution is 2.31. The number of hydrogen-bond acceptors (Lipinski definition) is 5. The van der Waals surface area contributed by atoms with Crippen molar-refractivity contribution in [1.82, 2.24) is 9.97 Å². The molecule has 1 heterocycles. The second-order valence-electron chi connectivity index (χ2n) is 4.58. The highest BCUT2D eigenvalue weighted by Gasteiger charge is 2.15. The quantitative estimate of drug-likeness (QED) is 0.669. The Morgan fingerprint density at radius 1 is 1.24 bits per heavy atom. The summed E-state index contributed by atoms with van der Waals surface area (Å²) in [6.07, 6.45) is 0. The lowest BCUT2D eigenvalue weighted by Crippen LogP contribution is -2.04. The van der Waals surface area contributed by atoms with Crippen molar-refractivity contribution in [3.63, 3.8) is 0 Å². The summed E-state index contributed by atoms with van der Waals surface area (Å²) in [5, 5.41) is 9.40. The van der Waals surface area contributed by atoms with E-state index in [2.05, 4.69) is 9.97 Å². The minimum atomic E-state index is -1.20. The van der Waals surface area contributed by atoms with Crippen molar-refractivity contribution in [2.45, 2.75) is 30.8 Å². The number of benzene rings is 1. The van der Waals surface area contributed by atoms with E-state index in [-0.39, 0.29) is 16.1 Å². The van der Waals surface area contributed by atoms with Crippen LogP contribution < -0.4 is 5.73 Å². The van der Waals surface area contributed by atoms with Crippen LogP contribution in [0.1, 0.15) is 27.3 Å². The largest absolute Gasteiger partial charge is 0.478 e. The van der Waals surface area contributed by atoms with Gasteiger partial charge in [0.25, 0.3) is 0 Å². The summed E-state index contributed by atoms with van der Waals surface area (Å²) in [4.78, 5) is 19.7. The number of nitrogens with two attached hydrogens (primary N) is 1. The number of hydrogen-bond donors (Lipinski definition) is 2. The van der Waals surface area contributed by atoms with Gasteiger partial charge in [-0.15, -0.1) is 0 Å². The molecule has 2 rings (SSSR count). The molecular formula is C14H14FN3O2S. The lowest BCUT2D eigenvalue weighted by molar-refractivity contribution is 0.0697. The zero-order valence-electron chi connectivity index (χ0n) is 11.8. The van der Waals surface area contributed by atoms with E-state index in [1.165, 1.54) is 6.07 Å². The molecule has 0 fully saturated rings. The van der Waals surface area contributed by atoms with E-state index in [4.69, 9.17) is 10.8 Å². The molecule has 0 aliphatic rings. The molecule has 110 valence electrons. The molecule has 5 nitrogen and oxygen atoms in total. The first-order valence-electron chi connectivity index (χ1n) is 6.11. The minimum Gasteiger partial charge on any atom is -0.478 e. The maximum absolute atomic E-state index is 13.9. The third-order valence-corrected chi connectivity index (χ3v) is 4.05. The van der Waals surface area contributed by atoms with E-state index < -0.39 is 11.8 Å². The molecule has 0 saturated carbocycles. The number of aromatic nitrogens is 2. The number of aromatic carboxylic acids is 1. The fourth-order valence-corrected chi connectivity index (χ4v) is 2.61. The van der Waals surface area contributed by atoms with E-state index in [0.29, 0.717) is 5.16 Å². The molecular weight excluding hydrogens is 293 g/mol. The number of nitrogens with zero attached hydrogens (tertiary/aromatic N) is 2.